The van der Waals surface area contributed by atoms with Gasteiger partial charge in [-0.15, -0.1) is 0 Å². The Morgan fingerprint density at radius 2 is 1.48 bits per heavy atom. The molecule has 162 valence electrons. The van der Waals surface area contributed by atoms with E-state index in [4.69, 9.17) is 16.2 Å². The molecule has 0 amide bonds. The van der Waals surface area contributed by atoms with Crippen molar-refractivity contribution in [3.05, 3.63) is 29.8 Å². The Hall–Kier alpha value is -2.24. The lowest BCUT2D eigenvalue weighted by atomic mass is 10.0. The smallest absolute Gasteiger partial charge is 0.220 e. The number of aliphatic imine (C=N–C) groups is 2. The Labute approximate surface area is 176 Å². The molecule has 0 aliphatic carbocycles. The number of hydrogen-bond acceptors (Lipinski definition) is 6. The SMILES string of the molecule is CCCCCCCCCCCCC1N=C(N)N=C(N)N1Cc1ccc(OC)cc1. The number of guanidine groups is 2. The van der Waals surface area contributed by atoms with Crippen molar-refractivity contribution < 1.29 is 4.74 Å². The maximum absolute atomic E-state index is 6.17. The summed E-state index contributed by atoms with van der Waals surface area (Å²) in [6, 6.07) is 8.01. The Morgan fingerprint density at radius 3 is 2.07 bits per heavy atom. The van der Waals surface area contributed by atoms with Crippen LogP contribution in [0.25, 0.3) is 0 Å². The van der Waals surface area contributed by atoms with Crippen molar-refractivity contribution in [2.45, 2.75) is 90.3 Å². The monoisotopic (exact) mass is 401 g/mol. The maximum Gasteiger partial charge on any atom is 0.220 e. The first-order chi connectivity index (χ1) is 14.1. The standard InChI is InChI=1S/C23H39N5O/c1-3-4-5-6-7-8-9-10-11-12-13-21-26-22(24)27-23(25)28(21)18-19-14-16-20(29-2)17-15-19/h14-17,21H,3-13,18H2,1-2H3,(H4,24,25,26,27). The summed E-state index contributed by atoms with van der Waals surface area (Å²) >= 11 is 0. The molecule has 0 bridgehead atoms. The van der Waals surface area contributed by atoms with Crippen LogP contribution in [-0.2, 0) is 6.54 Å². The van der Waals surface area contributed by atoms with E-state index in [1.54, 1.807) is 7.11 Å². The summed E-state index contributed by atoms with van der Waals surface area (Å²) in [5.41, 5.74) is 13.2. The Bertz CT molecular complexity index is 641. The van der Waals surface area contributed by atoms with Crippen molar-refractivity contribution in [1.82, 2.24) is 4.90 Å². The number of rotatable bonds is 14. The van der Waals surface area contributed by atoms with Crippen LogP contribution in [0.15, 0.2) is 34.3 Å². The van der Waals surface area contributed by atoms with Crippen molar-refractivity contribution >= 4 is 11.9 Å². The lowest BCUT2D eigenvalue weighted by Crippen LogP contribution is -2.47. The van der Waals surface area contributed by atoms with Crippen LogP contribution < -0.4 is 16.2 Å². The van der Waals surface area contributed by atoms with E-state index in [1.165, 1.54) is 57.8 Å². The fourth-order valence-corrected chi connectivity index (χ4v) is 3.73. The lowest BCUT2D eigenvalue weighted by molar-refractivity contribution is 0.281. The van der Waals surface area contributed by atoms with Gasteiger partial charge in [0, 0.05) is 6.54 Å². The van der Waals surface area contributed by atoms with Gasteiger partial charge >= 0.3 is 0 Å². The lowest BCUT2D eigenvalue weighted by Gasteiger charge is -2.32. The van der Waals surface area contributed by atoms with E-state index in [2.05, 4.69) is 16.9 Å². The Morgan fingerprint density at radius 1 is 0.897 bits per heavy atom. The Kier molecular flexibility index (Phi) is 10.4. The van der Waals surface area contributed by atoms with Gasteiger partial charge in [0.1, 0.15) is 11.9 Å². The van der Waals surface area contributed by atoms with Crippen LogP contribution in [0.2, 0.25) is 0 Å². The molecule has 0 spiro atoms. The van der Waals surface area contributed by atoms with Gasteiger partial charge in [0.25, 0.3) is 0 Å². The third kappa shape index (κ3) is 8.34. The summed E-state index contributed by atoms with van der Waals surface area (Å²) in [5, 5.41) is 0. The highest BCUT2D eigenvalue weighted by atomic mass is 16.5. The Balaban J connectivity index is 1.74. The van der Waals surface area contributed by atoms with Crippen molar-refractivity contribution in [3.8, 4) is 5.75 Å². The third-order valence-corrected chi connectivity index (χ3v) is 5.49. The molecule has 1 atom stereocenters. The molecule has 0 aromatic heterocycles. The molecule has 6 nitrogen and oxygen atoms in total. The minimum absolute atomic E-state index is 0.0383. The molecular weight excluding hydrogens is 362 g/mol. The summed E-state index contributed by atoms with van der Waals surface area (Å²) in [6.45, 7) is 2.93. The average molecular weight is 402 g/mol. The van der Waals surface area contributed by atoms with Gasteiger partial charge in [-0.05, 0) is 30.5 Å². The molecule has 1 aromatic carbocycles. The van der Waals surface area contributed by atoms with E-state index >= 15 is 0 Å². The number of nitrogens with two attached hydrogens (primary N) is 2. The zero-order valence-corrected chi connectivity index (χ0v) is 18.3. The van der Waals surface area contributed by atoms with Crippen molar-refractivity contribution in [3.63, 3.8) is 0 Å². The highest BCUT2D eigenvalue weighted by molar-refractivity contribution is 5.95. The van der Waals surface area contributed by atoms with Crippen molar-refractivity contribution in [1.29, 1.82) is 0 Å². The van der Waals surface area contributed by atoms with E-state index in [9.17, 15) is 0 Å². The molecule has 1 unspecified atom stereocenters. The number of benzene rings is 1. The summed E-state index contributed by atoms with van der Waals surface area (Å²) in [5.74, 6) is 1.58. The van der Waals surface area contributed by atoms with E-state index in [-0.39, 0.29) is 12.1 Å². The van der Waals surface area contributed by atoms with Crippen LogP contribution in [-0.4, -0.2) is 30.1 Å². The fraction of sp³-hybridized carbons (Fsp3) is 0.652. The second-order valence-corrected chi connectivity index (χ2v) is 7.88. The van der Waals surface area contributed by atoms with Gasteiger partial charge in [-0.3, -0.25) is 0 Å². The second kappa shape index (κ2) is 13.1. The largest absolute Gasteiger partial charge is 0.497 e. The normalized spacial score (nSPS) is 16.5. The molecule has 0 radical (unpaired) electrons. The van der Waals surface area contributed by atoms with Gasteiger partial charge in [-0.1, -0.05) is 76.8 Å². The van der Waals surface area contributed by atoms with Gasteiger partial charge in [0.05, 0.1) is 7.11 Å². The molecule has 0 saturated carbocycles. The van der Waals surface area contributed by atoms with Gasteiger partial charge < -0.3 is 21.1 Å². The molecule has 0 fully saturated rings. The van der Waals surface area contributed by atoms with E-state index in [1.807, 2.05) is 29.2 Å². The average Bonchev–Trinajstić information content (AvgIpc) is 2.72. The van der Waals surface area contributed by atoms with Crippen LogP contribution in [0, 0.1) is 0 Å². The molecule has 2 rings (SSSR count). The minimum atomic E-state index is -0.0383. The maximum atomic E-state index is 6.17. The topological polar surface area (TPSA) is 89.2 Å². The number of methoxy groups -OCH3 is 1. The van der Waals surface area contributed by atoms with Crippen molar-refractivity contribution in [2.75, 3.05) is 7.11 Å². The zero-order valence-electron chi connectivity index (χ0n) is 18.3. The summed E-state index contributed by atoms with van der Waals surface area (Å²) in [6.07, 6.45) is 14.1. The van der Waals surface area contributed by atoms with Crippen LogP contribution in [0.4, 0.5) is 0 Å². The van der Waals surface area contributed by atoms with Gasteiger partial charge in [-0.25, -0.2) is 4.99 Å². The predicted octanol–water partition coefficient (Wildman–Crippen LogP) is 4.78. The molecule has 29 heavy (non-hydrogen) atoms. The number of ether oxygens (including phenoxy) is 1. The molecular formula is C23H39N5O. The number of nitrogens with zero attached hydrogens (tertiary/aromatic N) is 3. The highest BCUT2D eigenvalue weighted by Gasteiger charge is 2.24. The molecule has 1 heterocycles. The quantitative estimate of drug-likeness (QED) is 0.439. The van der Waals surface area contributed by atoms with E-state index < -0.39 is 0 Å². The second-order valence-electron chi connectivity index (χ2n) is 7.88. The van der Waals surface area contributed by atoms with E-state index in [0.717, 1.165) is 24.2 Å². The van der Waals surface area contributed by atoms with Crippen LogP contribution >= 0.6 is 0 Å². The first-order valence-corrected chi connectivity index (χ1v) is 11.2. The van der Waals surface area contributed by atoms with Gasteiger partial charge in [-0.2, -0.15) is 4.99 Å². The zero-order chi connectivity index (χ0) is 20.9. The summed E-state index contributed by atoms with van der Waals surface area (Å²) in [4.78, 5) is 10.8. The highest BCUT2D eigenvalue weighted by Crippen LogP contribution is 2.20. The number of hydrogen-bond donors (Lipinski definition) is 2. The molecule has 0 saturated heterocycles. The summed E-state index contributed by atoms with van der Waals surface area (Å²) in [7, 11) is 1.67. The summed E-state index contributed by atoms with van der Waals surface area (Å²) < 4.78 is 5.23. The van der Waals surface area contributed by atoms with Gasteiger partial charge in [0.15, 0.2) is 0 Å². The van der Waals surface area contributed by atoms with Crippen LogP contribution in [0.1, 0.15) is 83.1 Å². The van der Waals surface area contributed by atoms with Gasteiger partial charge in [0.2, 0.25) is 11.9 Å². The molecule has 1 aliphatic heterocycles. The van der Waals surface area contributed by atoms with Crippen LogP contribution in [0.5, 0.6) is 5.75 Å². The number of unbranched alkanes of at least 4 members (excludes halogenated alkanes) is 9. The minimum Gasteiger partial charge on any atom is -0.497 e. The first-order valence-electron chi connectivity index (χ1n) is 11.2. The fourth-order valence-electron chi connectivity index (χ4n) is 3.73. The molecule has 6 heteroatoms. The van der Waals surface area contributed by atoms with E-state index in [0.29, 0.717) is 12.5 Å². The molecule has 4 N–H and O–H groups in total. The van der Waals surface area contributed by atoms with Crippen molar-refractivity contribution in [2.24, 2.45) is 21.5 Å². The third-order valence-electron chi connectivity index (χ3n) is 5.49. The molecule has 1 aromatic rings. The first kappa shape index (κ1) is 23.0. The predicted molar refractivity (Wildman–Crippen MR) is 122 cm³/mol. The van der Waals surface area contributed by atoms with Crippen LogP contribution in [0.3, 0.4) is 0 Å². The molecule has 1 aliphatic rings.